The summed E-state index contributed by atoms with van der Waals surface area (Å²) in [6.45, 7) is 3.81. The van der Waals surface area contributed by atoms with E-state index in [9.17, 15) is 18.4 Å². The molecule has 1 N–H and O–H groups in total. The fraction of sp³-hybridized carbons (Fsp3) is 0.600. The number of benzene rings is 1. The molecule has 2 aliphatic heterocycles. The lowest BCUT2D eigenvalue weighted by Gasteiger charge is -2.37. The van der Waals surface area contributed by atoms with Crippen molar-refractivity contribution in [3.05, 3.63) is 23.2 Å². The van der Waals surface area contributed by atoms with Crippen LogP contribution in [0.15, 0.2) is 18.2 Å². The summed E-state index contributed by atoms with van der Waals surface area (Å²) in [7, 11) is 0. The van der Waals surface area contributed by atoms with Crippen LogP contribution in [0, 0.1) is 0 Å². The number of alkyl halides is 2. The second kappa shape index (κ2) is 10.4. The minimum Gasteiger partial charge on any atom is -0.433 e. The van der Waals surface area contributed by atoms with Gasteiger partial charge in [-0.3, -0.25) is 19.4 Å². The number of ether oxygens (including phenoxy) is 1. The van der Waals surface area contributed by atoms with Crippen molar-refractivity contribution in [2.24, 2.45) is 0 Å². The van der Waals surface area contributed by atoms with Gasteiger partial charge in [0.25, 0.3) is 0 Å². The Balaban J connectivity index is 1.46. The van der Waals surface area contributed by atoms with Crippen LogP contribution in [0.5, 0.6) is 5.75 Å². The third-order valence-electron chi connectivity index (χ3n) is 5.57. The highest BCUT2D eigenvalue weighted by Gasteiger charge is 2.28. The Bertz CT molecular complexity index is 754. The summed E-state index contributed by atoms with van der Waals surface area (Å²) >= 11 is 5.93. The molecular formula is C20H27ClF2N4O3. The van der Waals surface area contributed by atoms with Gasteiger partial charge in [-0.25, -0.2) is 0 Å². The van der Waals surface area contributed by atoms with E-state index >= 15 is 0 Å². The first-order chi connectivity index (χ1) is 14.3. The molecule has 2 heterocycles. The number of hydrogen-bond donors (Lipinski definition) is 1. The van der Waals surface area contributed by atoms with Crippen LogP contribution < -0.4 is 10.1 Å². The number of carbonyl (C=O) groups is 2. The molecule has 30 heavy (non-hydrogen) atoms. The zero-order chi connectivity index (χ0) is 21.7. The lowest BCUT2D eigenvalue weighted by molar-refractivity contribution is -0.132. The lowest BCUT2D eigenvalue weighted by atomic mass is 10.2. The van der Waals surface area contributed by atoms with Crippen molar-refractivity contribution in [1.82, 2.24) is 14.7 Å². The molecule has 3 rings (SSSR count). The van der Waals surface area contributed by atoms with Gasteiger partial charge in [0.15, 0.2) is 0 Å². The normalized spacial score (nSPS) is 19.2. The van der Waals surface area contributed by atoms with Gasteiger partial charge in [-0.2, -0.15) is 8.78 Å². The highest BCUT2D eigenvalue weighted by atomic mass is 35.5. The Morgan fingerprint density at radius 1 is 1.13 bits per heavy atom. The molecule has 1 atom stereocenters. The van der Waals surface area contributed by atoms with Gasteiger partial charge >= 0.3 is 6.61 Å². The van der Waals surface area contributed by atoms with E-state index in [-0.39, 0.29) is 28.6 Å². The Morgan fingerprint density at radius 3 is 2.40 bits per heavy atom. The number of nitrogens with zero attached hydrogens (tertiary/aromatic N) is 3. The molecule has 166 valence electrons. The number of likely N-dealkylation sites (tertiary alicyclic amines) is 1. The minimum atomic E-state index is -2.97. The van der Waals surface area contributed by atoms with Crippen molar-refractivity contribution >= 4 is 29.1 Å². The number of anilines is 1. The summed E-state index contributed by atoms with van der Waals surface area (Å²) in [5, 5.41) is 2.76. The fourth-order valence-corrected chi connectivity index (χ4v) is 3.97. The zero-order valence-electron chi connectivity index (χ0n) is 17.0. The lowest BCUT2D eigenvalue weighted by Crippen LogP contribution is -2.54. The van der Waals surface area contributed by atoms with E-state index in [4.69, 9.17) is 11.6 Å². The third kappa shape index (κ3) is 6.02. The molecule has 0 saturated carbocycles. The number of rotatable bonds is 7. The summed E-state index contributed by atoms with van der Waals surface area (Å²) < 4.78 is 28.9. The monoisotopic (exact) mass is 444 g/mol. The number of halogens is 3. The standard InChI is InChI=1S/C20H27ClF2N4O3/c1-14(19(29)24-15-4-5-17(16(21)12-15)30-20(22)23)26-10-8-25(9-11-26)13-18(28)27-6-2-3-7-27/h4-5,12,14,20H,2-3,6-11,13H2,1H3,(H,24,29)/t14-/m0/s1. The second-order valence-corrected chi connectivity index (χ2v) is 8.00. The van der Waals surface area contributed by atoms with Crippen molar-refractivity contribution in [3.63, 3.8) is 0 Å². The number of amides is 2. The maximum atomic E-state index is 12.6. The second-order valence-electron chi connectivity index (χ2n) is 7.59. The molecule has 0 spiro atoms. The molecule has 0 bridgehead atoms. The van der Waals surface area contributed by atoms with Crippen LogP contribution in [0.3, 0.4) is 0 Å². The van der Waals surface area contributed by atoms with Gasteiger partial charge in [0, 0.05) is 45.0 Å². The highest BCUT2D eigenvalue weighted by molar-refractivity contribution is 6.32. The molecule has 2 saturated heterocycles. The van der Waals surface area contributed by atoms with Gasteiger partial charge in [0.2, 0.25) is 11.8 Å². The first-order valence-corrected chi connectivity index (χ1v) is 10.5. The Morgan fingerprint density at radius 2 is 1.80 bits per heavy atom. The number of carbonyl (C=O) groups excluding carboxylic acids is 2. The van der Waals surface area contributed by atoms with Crippen LogP contribution in [-0.2, 0) is 9.59 Å². The average molecular weight is 445 g/mol. The molecule has 0 unspecified atom stereocenters. The molecule has 2 fully saturated rings. The molecular weight excluding hydrogens is 418 g/mol. The van der Waals surface area contributed by atoms with E-state index < -0.39 is 6.61 Å². The molecule has 1 aromatic carbocycles. The molecule has 0 aliphatic carbocycles. The Labute approximate surface area is 179 Å². The Hall–Kier alpha value is -1.97. The first kappa shape index (κ1) is 22.7. The van der Waals surface area contributed by atoms with Crippen LogP contribution in [0.2, 0.25) is 5.02 Å². The number of hydrogen-bond acceptors (Lipinski definition) is 5. The molecule has 0 aromatic heterocycles. The summed E-state index contributed by atoms with van der Waals surface area (Å²) in [5.74, 6) is -0.171. The van der Waals surface area contributed by atoms with Crippen molar-refractivity contribution in [2.75, 3.05) is 51.1 Å². The van der Waals surface area contributed by atoms with Crippen molar-refractivity contribution in [2.45, 2.75) is 32.4 Å². The van der Waals surface area contributed by atoms with Gasteiger partial charge in [0.1, 0.15) is 5.75 Å². The van der Waals surface area contributed by atoms with Crippen LogP contribution in [0.1, 0.15) is 19.8 Å². The maximum absolute atomic E-state index is 12.6. The van der Waals surface area contributed by atoms with Crippen molar-refractivity contribution in [3.8, 4) is 5.75 Å². The zero-order valence-corrected chi connectivity index (χ0v) is 17.7. The van der Waals surface area contributed by atoms with Gasteiger partial charge in [-0.05, 0) is 38.0 Å². The smallest absolute Gasteiger partial charge is 0.387 e. The van der Waals surface area contributed by atoms with E-state index in [0.29, 0.717) is 25.3 Å². The van der Waals surface area contributed by atoms with Gasteiger partial charge in [-0.1, -0.05) is 11.6 Å². The summed E-state index contributed by atoms with van der Waals surface area (Å²) in [5.41, 5.74) is 0.410. The molecule has 0 radical (unpaired) electrons. The molecule has 7 nitrogen and oxygen atoms in total. The van der Waals surface area contributed by atoms with Crippen LogP contribution >= 0.6 is 11.6 Å². The molecule has 10 heteroatoms. The van der Waals surface area contributed by atoms with Gasteiger partial charge in [-0.15, -0.1) is 0 Å². The first-order valence-electron chi connectivity index (χ1n) is 10.1. The van der Waals surface area contributed by atoms with E-state index in [1.807, 2.05) is 11.8 Å². The molecule has 2 aliphatic rings. The number of nitrogens with one attached hydrogen (secondary N) is 1. The van der Waals surface area contributed by atoms with Crippen LogP contribution in [0.25, 0.3) is 0 Å². The molecule has 2 amide bonds. The summed E-state index contributed by atoms with van der Waals surface area (Å²) in [6.07, 6.45) is 2.17. The minimum absolute atomic E-state index is 0.00274. The quantitative estimate of drug-likeness (QED) is 0.700. The summed E-state index contributed by atoms with van der Waals surface area (Å²) in [6, 6.07) is 3.77. The third-order valence-corrected chi connectivity index (χ3v) is 5.86. The highest BCUT2D eigenvalue weighted by Crippen LogP contribution is 2.29. The summed E-state index contributed by atoms with van der Waals surface area (Å²) in [4.78, 5) is 31.0. The Kier molecular flexibility index (Phi) is 7.85. The van der Waals surface area contributed by atoms with Crippen LogP contribution in [0.4, 0.5) is 14.5 Å². The topological polar surface area (TPSA) is 65.1 Å². The maximum Gasteiger partial charge on any atom is 0.387 e. The predicted octanol–water partition coefficient (Wildman–Crippen LogP) is 2.51. The van der Waals surface area contributed by atoms with Gasteiger partial charge in [0.05, 0.1) is 17.6 Å². The van der Waals surface area contributed by atoms with Gasteiger partial charge < -0.3 is 15.0 Å². The van der Waals surface area contributed by atoms with Crippen molar-refractivity contribution in [1.29, 1.82) is 0 Å². The van der Waals surface area contributed by atoms with E-state index in [1.165, 1.54) is 18.2 Å². The average Bonchev–Trinajstić information content (AvgIpc) is 3.25. The fourth-order valence-electron chi connectivity index (χ4n) is 3.75. The van der Waals surface area contributed by atoms with E-state index in [2.05, 4.69) is 19.9 Å². The SMILES string of the molecule is C[C@@H](C(=O)Nc1ccc(OC(F)F)c(Cl)c1)N1CCN(CC(=O)N2CCCC2)CC1. The van der Waals surface area contributed by atoms with E-state index in [0.717, 1.165) is 39.0 Å². The molecule has 1 aromatic rings. The largest absolute Gasteiger partial charge is 0.433 e. The van der Waals surface area contributed by atoms with E-state index in [1.54, 1.807) is 0 Å². The van der Waals surface area contributed by atoms with Crippen LogP contribution in [-0.4, -0.2) is 85.0 Å². The predicted molar refractivity (Wildman–Crippen MR) is 110 cm³/mol. The number of piperazine rings is 1. The van der Waals surface area contributed by atoms with Crippen molar-refractivity contribution < 1.29 is 23.1 Å².